The van der Waals surface area contributed by atoms with Crippen LogP contribution in [-0.2, 0) is 17.7 Å². The van der Waals surface area contributed by atoms with Gasteiger partial charge in [0.25, 0.3) is 11.2 Å². The molecule has 10 heteroatoms. The molecule has 2 aromatic rings. The summed E-state index contributed by atoms with van der Waals surface area (Å²) < 4.78 is 10.4. The number of rotatable bonds is 6. The smallest absolute Gasteiger partial charge is 0.343 e. The first-order valence-corrected chi connectivity index (χ1v) is 6.75. The SMILES string of the molecule is CCCc1nc(Cn2cc([N+](=O)[O-])cc(C(=O)OC)c2=O)no1. The van der Waals surface area contributed by atoms with E-state index in [0.717, 1.165) is 30.4 Å². The second-order valence-corrected chi connectivity index (χ2v) is 4.65. The molecule has 2 aromatic heterocycles. The van der Waals surface area contributed by atoms with Crippen LogP contribution in [0.25, 0.3) is 0 Å². The minimum absolute atomic E-state index is 0.155. The summed E-state index contributed by atoms with van der Waals surface area (Å²) in [6, 6.07) is 0.878. The molecule has 0 spiro atoms. The van der Waals surface area contributed by atoms with Gasteiger partial charge in [-0.05, 0) is 6.42 Å². The first-order valence-electron chi connectivity index (χ1n) is 6.75. The zero-order chi connectivity index (χ0) is 17.0. The summed E-state index contributed by atoms with van der Waals surface area (Å²) in [6.07, 6.45) is 2.42. The Morgan fingerprint density at radius 2 is 2.26 bits per heavy atom. The highest BCUT2D eigenvalue weighted by atomic mass is 16.6. The molecule has 0 saturated heterocycles. The summed E-state index contributed by atoms with van der Waals surface area (Å²) in [6.45, 7) is 1.79. The Morgan fingerprint density at radius 1 is 1.52 bits per heavy atom. The number of esters is 1. The number of nitrogens with zero attached hydrogens (tertiary/aromatic N) is 4. The topological polar surface area (TPSA) is 130 Å². The van der Waals surface area contributed by atoms with Gasteiger partial charge in [0, 0.05) is 12.5 Å². The molecule has 0 atom stereocenters. The van der Waals surface area contributed by atoms with Crippen molar-refractivity contribution in [2.24, 2.45) is 0 Å². The number of ether oxygens (including phenoxy) is 1. The number of carbonyl (C=O) groups is 1. The van der Waals surface area contributed by atoms with Gasteiger partial charge in [-0.2, -0.15) is 4.98 Å². The van der Waals surface area contributed by atoms with Crippen LogP contribution in [0.4, 0.5) is 5.69 Å². The Labute approximate surface area is 129 Å². The summed E-state index contributed by atoms with van der Waals surface area (Å²) in [5.41, 5.74) is -1.58. The Kier molecular flexibility index (Phi) is 4.84. The zero-order valence-electron chi connectivity index (χ0n) is 12.5. The van der Waals surface area contributed by atoms with Gasteiger partial charge < -0.3 is 13.8 Å². The molecule has 0 unspecified atom stereocenters. The van der Waals surface area contributed by atoms with Gasteiger partial charge in [-0.25, -0.2) is 4.79 Å². The predicted molar refractivity (Wildman–Crippen MR) is 76.1 cm³/mol. The second kappa shape index (κ2) is 6.81. The molecule has 2 rings (SSSR count). The lowest BCUT2D eigenvalue weighted by Gasteiger charge is -2.05. The molecule has 0 radical (unpaired) electrons. The van der Waals surface area contributed by atoms with E-state index < -0.39 is 27.7 Å². The maximum absolute atomic E-state index is 12.2. The highest BCUT2D eigenvalue weighted by Crippen LogP contribution is 2.12. The number of hydrogen-bond acceptors (Lipinski definition) is 8. The van der Waals surface area contributed by atoms with Gasteiger partial charge in [0.2, 0.25) is 5.89 Å². The lowest BCUT2D eigenvalue weighted by Crippen LogP contribution is -2.27. The van der Waals surface area contributed by atoms with Crippen molar-refractivity contribution in [1.82, 2.24) is 14.7 Å². The van der Waals surface area contributed by atoms with Gasteiger partial charge in [-0.3, -0.25) is 14.9 Å². The third-order valence-corrected chi connectivity index (χ3v) is 2.97. The van der Waals surface area contributed by atoms with Crippen LogP contribution in [0.2, 0.25) is 0 Å². The van der Waals surface area contributed by atoms with E-state index in [1.54, 1.807) is 0 Å². The molecule has 0 N–H and O–H groups in total. The predicted octanol–water partition coefficient (Wildman–Crippen LogP) is 0.927. The van der Waals surface area contributed by atoms with Crippen molar-refractivity contribution in [3.63, 3.8) is 0 Å². The van der Waals surface area contributed by atoms with Crippen LogP contribution in [0.3, 0.4) is 0 Å². The van der Waals surface area contributed by atoms with E-state index >= 15 is 0 Å². The van der Waals surface area contributed by atoms with Crippen LogP contribution in [0.5, 0.6) is 0 Å². The Balaban J connectivity index is 2.43. The number of aromatic nitrogens is 3. The molecule has 0 fully saturated rings. The van der Waals surface area contributed by atoms with Gasteiger partial charge in [-0.15, -0.1) is 0 Å². The normalized spacial score (nSPS) is 10.5. The number of methoxy groups -OCH3 is 1. The van der Waals surface area contributed by atoms with Crippen LogP contribution < -0.4 is 5.56 Å². The summed E-state index contributed by atoms with van der Waals surface area (Å²) in [5, 5.41) is 14.7. The molecule has 122 valence electrons. The van der Waals surface area contributed by atoms with E-state index in [-0.39, 0.29) is 12.4 Å². The largest absolute Gasteiger partial charge is 0.465 e. The number of carbonyl (C=O) groups excluding carboxylic acids is 1. The van der Waals surface area contributed by atoms with Crippen molar-refractivity contribution in [2.75, 3.05) is 7.11 Å². The summed E-state index contributed by atoms with van der Waals surface area (Å²) in [7, 11) is 1.08. The van der Waals surface area contributed by atoms with Gasteiger partial charge in [0.15, 0.2) is 5.82 Å². The maximum atomic E-state index is 12.2. The molecular weight excluding hydrogens is 308 g/mol. The fourth-order valence-electron chi connectivity index (χ4n) is 1.92. The third-order valence-electron chi connectivity index (χ3n) is 2.97. The third kappa shape index (κ3) is 3.59. The first-order chi connectivity index (χ1) is 11.0. The molecule has 10 nitrogen and oxygen atoms in total. The minimum Gasteiger partial charge on any atom is -0.465 e. The van der Waals surface area contributed by atoms with Crippen LogP contribution in [0.1, 0.15) is 35.4 Å². The van der Waals surface area contributed by atoms with Crippen molar-refractivity contribution in [3.05, 3.63) is 50.0 Å². The first kappa shape index (κ1) is 16.3. The van der Waals surface area contributed by atoms with Crippen molar-refractivity contribution in [1.29, 1.82) is 0 Å². The second-order valence-electron chi connectivity index (χ2n) is 4.65. The van der Waals surface area contributed by atoms with Crippen LogP contribution >= 0.6 is 0 Å². The van der Waals surface area contributed by atoms with E-state index in [0.29, 0.717) is 12.3 Å². The van der Waals surface area contributed by atoms with Gasteiger partial charge in [0.05, 0.1) is 24.8 Å². The van der Waals surface area contributed by atoms with Crippen LogP contribution in [0.15, 0.2) is 21.6 Å². The van der Waals surface area contributed by atoms with Crippen molar-refractivity contribution in [2.45, 2.75) is 26.3 Å². The summed E-state index contributed by atoms with van der Waals surface area (Å²) >= 11 is 0. The zero-order valence-corrected chi connectivity index (χ0v) is 12.5. The summed E-state index contributed by atoms with van der Waals surface area (Å²) in [4.78, 5) is 38.2. The fraction of sp³-hybridized carbons (Fsp3) is 0.385. The average molecular weight is 322 g/mol. The Bertz CT molecular complexity index is 794. The molecule has 23 heavy (non-hydrogen) atoms. The van der Waals surface area contributed by atoms with Crippen molar-refractivity contribution in [3.8, 4) is 0 Å². The van der Waals surface area contributed by atoms with Gasteiger partial charge in [-0.1, -0.05) is 12.1 Å². The van der Waals surface area contributed by atoms with E-state index in [4.69, 9.17) is 4.52 Å². The van der Waals surface area contributed by atoms with E-state index in [1.165, 1.54) is 0 Å². The van der Waals surface area contributed by atoms with Gasteiger partial charge in [0.1, 0.15) is 5.56 Å². The van der Waals surface area contributed by atoms with Gasteiger partial charge >= 0.3 is 5.97 Å². The lowest BCUT2D eigenvalue weighted by molar-refractivity contribution is -0.385. The number of nitro groups is 1. The fourth-order valence-corrected chi connectivity index (χ4v) is 1.92. The van der Waals surface area contributed by atoms with E-state index in [1.807, 2.05) is 6.92 Å². The minimum atomic E-state index is -0.952. The van der Waals surface area contributed by atoms with Crippen molar-refractivity contribution >= 4 is 11.7 Å². The van der Waals surface area contributed by atoms with E-state index in [9.17, 15) is 19.7 Å². The number of hydrogen-bond donors (Lipinski definition) is 0. The van der Waals surface area contributed by atoms with E-state index in [2.05, 4.69) is 14.9 Å². The standard InChI is InChI=1S/C13H14N4O6/c1-3-4-11-14-10(15-23-11)7-16-6-8(17(20)21)5-9(12(16)18)13(19)22-2/h5-6H,3-4,7H2,1-2H3. The summed E-state index contributed by atoms with van der Waals surface area (Å²) in [5.74, 6) is -0.353. The Morgan fingerprint density at radius 3 is 2.87 bits per heavy atom. The quantitative estimate of drug-likeness (QED) is 0.436. The number of pyridine rings is 1. The molecule has 0 aliphatic heterocycles. The van der Waals surface area contributed by atoms with Crippen molar-refractivity contribution < 1.29 is 19.0 Å². The average Bonchev–Trinajstić information content (AvgIpc) is 2.96. The molecule has 0 aromatic carbocycles. The molecule has 0 saturated carbocycles. The highest BCUT2D eigenvalue weighted by Gasteiger charge is 2.20. The molecule has 2 heterocycles. The van der Waals surface area contributed by atoms with Crippen LogP contribution in [0, 0.1) is 10.1 Å². The maximum Gasteiger partial charge on any atom is 0.343 e. The van der Waals surface area contributed by atoms with Crippen LogP contribution in [-0.4, -0.2) is 32.7 Å². The molecule has 0 amide bonds. The molecule has 0 bridgehead atoms. The molecule has 0 aliphatic rings. The lowest BCUT2D eigenvalue weighted by atomic mass is 10.2. The molecular formula is C13H14N4O6. The molecule has 0 aliphatic carbocycles. The number of aryl methyl sites for hydroxylation is 1. The highest BCUT2D eigenvalue weighted by molar-refractivity contribution is 5.89. The monoisotopic (exact) mass is 322 g/mol. The Hall–Kier alpha value is -3.04.